The number of para-hydroxylation sites is 1. The molecular formula is C18H18N2O5. The van der Waals surface area contributed by atoms with E-state index in [0.29, 0.717) is 23.7 Å². The van der Waals surface area contributed by atoms with Gasteiger partial charge in [-0.2, -0.15) is 0 Å². The number of aliphatic carboxylic acids is 1. The molecule has 0 aromatic heterocycles. The van der Waals surface area contributed by atoms with E-state index < -0.39 is 5.97 Å². The Bertz CT molecular complexity index is 763. The molecule has 0 spiro atoms. The Hall–Kier alpha value is -3.22. The number of anilines is 1. The fourth-order valence-electron chi connectivity index (χ4n) is 2.52. The normalized spacial score (nSPS) is 11.8. The molecule has 0 unspecified atom stereocenters. The van der Waals surface area contributed by atoms with Crippen LogP contribution in [0.1, 0.15) is 5.56 Å². The van der Waals surface area contributed by atoms with Gasteiger partial charge in [0.2, 0.25) is 12.7 Å². The summed E-state index contributed by atoms with van der Waals surface area (Å²) in [6.07, 6.45) is 0. The van der Waals surface area contributed by atoms with E-state index >= 15 is 0 Å². The molecule has 0 saturated heterocycles. The van der Waals surface area contributed by atoms with Gasteiger partial charge in [0.05, 0.1) is 6.54 Å². The molecule has 1 amide bonds. The highest BCUT2D eigenvalue weighted by Crippen LogP contribution is 2.32. The standard InChI is InChI=1S/C18H18N2O5/c21-17(10-20(11-18(22)23)14-4-2-1-3-5-14)19-9-13-6-7-15-16(8-13)25-12-24-15/h1-8H,9-12H2,(H,19,21)(H,22,23). The quantitative estimate of drug-likeness (QED) is 0.795. The number of nitrogens with zero attached hydrogens (tertiary/aromatic N) is 1. The third kappa shape index (κ3) is 4.41. The Morgan fingerprint density at radius 1 is 1.04 bits per heavy atom. The van der Waals surface area contributed by atoms with Gasteiger partial charge >= 0.3 is 5.97 Å². The Kier molecular flexibility index (Phi) is 5.03. The number of hydrogen-bond donors (Lipinski definition) is 2. The number of rotatable bonds is 7. The minimum absolute atomic E-state index is 0.0408. The lowest BCUT2D eigenvalue weighted by molar-refractivity contribution is -0.135. The molecule has 1 aliphatic rings. The summed E-state index contributed by atoms with van der Waals surface area (Å²) in [7, 11) is 0. The summed E-state index contributed by atoms with van der Waals surface area (Å²) in [5, 5.41) is 11.9. The number of nitrogens with one attached hydrogen (secondary N) is 1. The SMILES string of the molecule is O=C(O)CN(CC(=O)NCc1ccc2c(c1)OCO2)c1ccccc1. The van der Waals surface area contributed by atoms with Crippen molar-refractivity contribution in [1.82, 2.24) is 5.32 Å². The summed E-state index contributed by atoms with van der Waals surface area (Å²) in [5.41, 5.74) is 1.56. The van der Waals surface area contributed by atoms with Crippen molar-refractivity contribution < 1.29 is 24.2 Å². The highest BCUT2D eigenvalue weighted by molar-refractivity contribution is 5.84. The maximum atomic E-state index is 12.2. The van der Waals surface area contributed by atoms with Crippen molar-refractivity contribution in [2.75, 3.05) is 24.8 Å². The van der Waals surface area contributed by atoms with Crippen LogP contribution in [-0.4, -0.2) is 36.9 Å². The zero-order valence-electron chi connectivity index (χ0n) is 13.5. The Morgan fingerprint density at radius 2 is 1.80 bits per heavy atom. The predicted molar refractivity (Wildman–Crippen MR) is 90.7 cm³/mol. The van der Waals surface area contributed by atoms with Crippen LogP contribution in [0.2, 0.25) is 0 Å². The summed E-state index contributed by atoms with van der Waals surface area (Å²) in [6.45, 7) is 0.236. The molecule has 2 aromatic rings. The lowest BCUT2D eigenvalue weighted by Gasteiger charge is -2.22. The number of fused-ring (bicyclic) bond motifs is 1. The molecule has 3 rings (SSSR count). The topological polar surface area (TPSA) is 88.1 Å². The fourth-order valence-corrected chi connectivity index (χ4v) is 2.52. The second-order valence-corrected chi connectivity index (χ2v) is 5.55. The Balaban J connectivity index is 1.59. The molecule has 7 nitrogen and oxygen atoms in total. The van der Waals surface area contributed by atoms with Gasteiger partial charge < -0.3 is 24.8 Å². The lowest BCUT2D eigenvalue weighted by Crippen LogP contribution is -2.39. The Morgan fingerprint density at radius 3 is 2.56 bits per heavy atom. The van der Waals surface area contributed by atoms with Crippen LogP contribution in [0, 0.1) is 0 Å². The summed E-state index contributed by atoms with van der Waals surface area (Å²) in [5.74, 6) is 0.0884. The summed E-state index contributed by atoms with van der Waals surface area (Å²) < 4.78 is 10.5. The molecule has 2 aromatic carbocycles. The predicted octanol–water partition coefficient (Wildman–Crippen LogP) is 1.62. The minimum Gasteiger partial charge on any atom is -0.480 e. The fraction of sp³-hybridized carbons (Fsp3) is 0.222. The van der Waals surface area contributed by atoms with Gasteiger partial charge in [-0.1, -0.05) is 24.3 Å². The molecule has 1 aliphatic heterocycles. The zero-order chi connectivity index (χ0) is 17.6. The molecule has 0 radical (unpaired) electrons. The second-order valence-electron chi connectivity index (χ2n) is 5.55. The highest BCUT2D eigenvalue weighted by Gasteiger charge is 2.16. The molecule has 0 fully saturated rings. The molecule has 130 valence electrons. The number of carbonyl (C=O) groups is 2. The molecular weight excluding hydrogens is 324 g/mol. The average Bonchev–Trinajstić information content (AvgIpc) is 3.07. The first-order valence-electron chi connectivity index (χ1n) is 7.79. The van der Waals surface area contributed by atoms with E-state index in [1.54, 1.807) is 30.3 Å². The van der Waals surface area contributed by atoms with Crippen LogP contribution in [0.25, 0.3) is 0 Å². The molecule has 2 N–H and O–H groups in total. The number of benzene rings is 2. The average molecular weight is 342 g/mol. The van der Waals surface area contributed by atoms with Crippen molar-refractivity contribution in [2.24, 2.45) is 0 Å². The van der Waals surface area contributed by atoms with Gasteiger partial charge in [-0.3, -0.25) is 9.59 Å². The van der Waals surface area contributed by atoms with E-state index in [9.17, 15) is 9.59 Å². The number of ether oxygens (including phenoxy) is 2. The Labute approximate surface area is 144 Å². The maximum Gasteiger partial charge on any atom is 0.323 e. The molecule has 0 bridgehead atoms. The molecule has 0 aliphatic carbocycles. The summed E-state index contributed by atoms with van der Waals surface area (Å²) in [4.78, 5) is 24.8. The first-order valence-corrected chi connectivity index (χ1v) is 7.79. The molecule has 0 saturated carbocycles. The van der Waals surface area contributed by atoms with Crippen LogP contribution >= 0.6 is 0 Å². The van der Waals surface area contributed by atoms with Crippen molar-refractivity contribution in [3.8, 4) is 11.5 Å². The second kappa shape index (κ2) is 7.57. The first kappa shape index (κ1) is 16.6. The van der Waals surface area contributed by atoms with E-state index in [0.717, 1.165) is 5.56 Å². The van der Waals surface area contributed by atoms with Gasteiger partial charge in [0, 0.05) is 12.2 Å². The molecule has 1 heterocycles. The van der Waals surface area contributed by atoms with E-state index in [2.05, 4.69) is 5.32 Å². The third-order valence-electron chi connectivity index (χ3n) is 3.71. The maximum absolute atomic E-state index is 12.2. The first-order chi connectivity index (χ1) is 12.1. The van der Waals surface area contributed by atoms with Crippen molar-refractivity contribution >= 4 is 17.6 Å². The zero-order valence-corrected chi connectivity index (χ0v) is 13.5. The van der Waals surface area contributed by atoms with Crippen molar-refractivity contribution in [3.63, 3.8) is 0 Å². The van der Waals surface area contributed by atoms with Gasteiger partial charge in [-0.15, -0.1) is 0 Å². The lowest BCUT2D eigenvalue weighted by atomic mass is 10.2. The van der Waals surface area contributed by atoms with Crippen LogP contribution in [0.4, 0.5) is 5.69 Å². The minimum atomic E-state index is -0.993. The molecule has 25 heavy (non-hydrogen) atoms. The largest absolute Gasteiger partial charge is 0.480 e. The number of carboxylic acids is 1. The van der Waals surface area contributed by atoms with Gasteiger partial charge in [-0.05, 0) is 29.8 Å². The van der Waals surface area contributed by atoms with Gasteiger partial charge in [0.1, 0.15) is 6.54 Å². The van der Waals surface area contributed by atoms with E-state index in [1.807, 2.05) is 18.2 Å². The summed E-state index contributed by atoms with van der Waals surface area (Å²) in [6, 6.07) is 14.4. The number of carbonyl (C=O) groups excluding carboxylic acids is 1. The third-order valence-corrected chi connectivity index (χ3v) is 3.71. The van der Waals surface area contributed by atoms with E-state index in [4.69, 9.17) is 14.6 Å². The van der Waals surface area contributed by atoms with Crippen LogP contribution in [0.5, 0.6) is 11.5 Å². The molecule has 7 heteroatoms. The van der Waals surface area contributed by atoms with Crippen molar-refractivity contribution in [1.29, 1.82) is 0 Å². The van der Waals surface area contributed by atoms with E-state index in [1.165, 1.54) is 4.90 Å². The highest BCUT2D eigenvalue weighted by atomic mass is 16.7. The van der Waals surface area contributed by atoms with Crippen molar-refractivity contribution in [2.45, 2.75) is 6.54 Å². The van der Waals surface area contributed by atoms with Gasteiger partial charge in [-0.25, -0.2) is 0 Å². The number of amides is 1. The van der Waals surface area contributed by atoms with Crippen LogP contribution in [0.15, 0.2) is 48.5 Å². The molecule has 0 atom stereocenters. The number of carboxylic acid groups (broad SMARTS) is 1. The number of hydrogen-bond acceptors (Lipinski definition) is 5. The van der Waals surface area contributed by atoms with Gasteiger partial charge in [0.25, 0.3) is 0 Å². The van der Waals surface area contributed by atoms with E-state index in [-0.39, 0.29) is 25.8 Å². The van der Waals surface area contributed by atoms with Crippen LogP contribution in [0.3, 0.4) is 0 Å². The van der Waals surface area contributed by atoms with Crippen molar-refractivity contribution in [3.05, 3.63) is 54.1 Å². The smallest absolute Gasteiger partial charge is 0.323 e. The summed E-state index contributed by atoms with van der Waals surface area (Å²) >= 11 is 0. The van der Waals surface area contributed by atoms with Crippen LogP contribution < -0.4 is 19.7 Å². The van der Waals surface area contributed by atoms with Gasteiger partial charge in [0.15, 0.2) is 11.5 Å². The van der Waals surface area contributed by atoms with Crippen LogP contribution in [-0.2, 0) is 16.1 Å². The monoisotopic (exact) mass is 342 g/mol.